The Bertz CT molecular complexity index is 735. The highest BCUT2D eigenvalue weighted by molar-refractivity contribution is 6.05. The molecule has 124 valence electrons. The van der Waals surface area contributed by atoms with Crippen molar-refractivity contribution in [2.45, 2.75) is 31.8 Å². The summed E-state index contributed by atoms with van der Waals surface area (Å²) in [6, 6.07) is 13.6. The van der Waals surface area contributed by atoms with Crippen molar-refractivity contribution in [2.24, 2.45) is 5.73 Å². The van der Waals surface area contributed by atoms with Crippen molar-refractivity contribution < 1.29 is 14.3 Å². The van der Waals surface area contributed by atoms with E-state index in [4.69, 9.17) is 10.5 Å². The molecule has 5 nitrogen and oxygen atoms in total. The van der Waals surface area contributed by atoms with Gasteiger partial charge in [-0.1, -0.05) is 6.07 Å². The van der Waals surface area contributed by atoms with E-state index >= 15 is 0 Å². The Morgan fingerprint density at radius 1 is 1.00 bits per heavy atom. The van der Waals surface area contributed by atoms with Crippen LogP contribution in [0.2, 0.25) is 0 Å². The van der Waals surface area contributed by atoms with Crippen LogP contribution >= 0.6 is 0 Å². The average molecular weight is 324 g/mol. The lowest BCUT2D eigenvalue weighted by Crippen LogP contribution is -2.14. The highest BCUT2D eigenvalue weighted by Gasteiger charge is 2.16. The molecule has 2 aromatic carbocycles. The number of anilines is 1. The molecule has 5 heteroatoms. The van der Waals surface area contributed by atoms with Crippen molar-refractivity contribution in [2.75, 3.05) is 5.32 Å². The Labute approximate surface area is 140 Å². The Morgan fingerprint density at radius 3 is 2.33 bits per heavy atom. The van der Waals surface area contributed by atoms with E-state index in [0.717, 1.165) is 18.6 Å². The predicted molar refractivity (Wildman–Crippen MR) is 92.2 cm³/mol. The molecular weight excluding hydrogens is 304 g/mol. The minimum Gasteiger partial charge on any atom is -0.490 e. The molecule has 0 unspecified atom stereocenters. The molecule has 3 rings (SSSR count). The van der Waals surface area contributed by atoms with Gasteiger partial charge in [0.2, 0.25) is 5.91 Å². The molecule has 1 aliphatic rings. The monoisotopic (exact) mass is 324 g/mol. The maximum atomic E-state index is 12.3. The summed E-state index contributed by atoms with van der Waals surface area (Å²) in [6.45, 7) is 0. The highest BCUT2D eigenvalue weighted by atomic mass is 16.5. The lowest BCUT2D eigenvalue weighted by atomic mass is 10.1. The Balaban J connectivity index is 1.66. The topological polar surface area (TPSA) is 81.4 Å². The molecule has 2 amide bonds. The van der Waals surface area contributed by atoms with E-state index in [0.29, 0.717) is 16.8 Å². The van der Waals surface area contributed by atoms with Crippen molar-refractivity contribution in [1.29, 1.82) is 0 Å². The molecule has 3 N–H and O–H groups in total. The van der Waals surface area contributed by atoms with Crippen LogP contribution in [0.3, 0.4) is 0 Å². The van der Waals surface area contributed by atoms with Crippen molar-refractivity contribution in [3.63, 3.8) is 0 Å². The molecule has 1 fully saturated rings. The number of nitrogens with one attached hydrogen (secondary N) is 1. The summed E-state index contributed by atoms with van der Waals surface area (Å²) in [5.74, 6) is 0.00605. The van der Waals surface area contributed by atoms with Gasteiger partial charge in [-0.3, -0.25) is 9.59 Å². The summed E-state index contributed by atoms with van der Waals surface area (Å²) >= 11 is 0. The first-order valence-electron chi connectivity index (χ1n) is 8.10. The summed E-state index contributed by atoms with van der Waals surface area (Å²) in [6.07, 6.45) is 4.87. The molecular formula is C19H20N2O3. The fourth-order valence-electron chi connectivity index (χ4n) is 2.83. The fraction of sp³-hybridized carbons (Fsp3) is 0.263. The first-order valence-corrected chi connectivity index (χ1v) is 8.10. The zero-order chi connectivity index (χ0) is 16.9. The second kappa shape index (κ2) is 7.17. The third kappa shape index (κ3) is 3.93. The first-order chi connectivity index (χ1) is 11.6. The number of rotatable bonds is 5. The maximum absolute atomic E-state index is 12.3. The number of primary amides is 1. The van der Waals surface area contributed by atoms with E-state index in [1.807, 2.05) is 24.3 Å². The van der Waals surface area contributed by atoms with Gasteiger partial charge in [-0.2, -0.15) is 0 Å². The van der Waals surface area contributed by atoms with Crippen molar-refractivity contribution >= 4 is 17.5 Å². The van der Waals surface area contributed by atoms with Gasteiger partial charge in [-0.25, -0.2) is 0 Å². The molecule has 2 aromatic rings. The molecule has 0 saturated heterocycles. The molecule has 0 atom stereocenters. The minimum atomic E-state index is -0.515. The van der Waals surface area contributed by atoms with Gasteiger partial charge in [0.15, 0.2) is 0 Å². The van der Waals surface area contributed by atoms with Crippen LogP contribution in [-0.2, 0) is 0 Å². The average Bonchev–Trinajstić information content (AvgIpc) is 3.08. The summed E-state index contributed by atoms with van der Waals surface area (Å²) in [4.78, 5) is 23.3. The molecule has 1 aliphatic carbocycles. The van der Waals surface area contributed by atoms with E-state index in [9.17, 15) is 9.59 Å². The summed E-state index contributed by atoms with van der Waals surface area (Å²) in [7, 11) is 0. The van der Waals surface area contributed by atoms with Gasteiger partial charge in [0.25, 0.3) is 5.91 Å². The van der Waals surface area contributed by atoms with Gasteiger partial charge in [-0.15, -0.1) is 0 Å². The number of hydrogen-bond acceptors (Lipinski definition) is 3. The predicted octanol–water partition coefficient (Wildman–Crippen LogP) is 3.36. The third-order valence-corrected chi connectivity index (χ3v) is 4.13. The van der Waals surface area contributed by atoms with Crippen LogP contribution < -0.4 is 15.8 Å². The second-order valence-electron chi connectivity index (χ2n) is 5.95. The summed E-state index contributed by atoms with van der Waals surface area (Å²) in [5, 5.41) is 2.84. The molecule has 0 spiro atoms. The molecule has 24 heavy (non-hydrogen) atoms. The Morgan fingerprint density at radius 2 is 1.67 bits per heavy atom. The maximum Gasteiger partial charge on any atom is 0.255 e. The van der Waals surface area contributed by atoms with Crippen molar-refractivity contribution in [3.05, 3.63) is 59.7 Å². The normalized spacial score (nSPS) is 14.3. The lowest BCUT2D eigenvalue weighted by Gasteiger charge is -2.14. The van der Waals surface area contributed by atoms with E-state index in [1.54, 1.807) is 12.1 Å². The van der Waals surface area contributed by atoms with Crippen molar-refractivity contribution in [1.82, 2.24) is 0 Å². The summed E-state index contributed by atoms with van der Waals surface area (Å²) < 4.78 is 5.94. The standard InChI is InChI=1S/C19H20N2O3/c20-18(22)13-8-10-14(11-9-13)19(23)21-15-4-3-7-17(12-15)24-16-5-1-2-6-16/h3-4,7-12,16H,1-2,5-6H2,(H2,20,22)(H,21,23). The van der Waals surface area contributed by atoms with Crippen molar-refractivity contribution in [3.8, 4) is 5.75 Å². The Hall–Kier alpha value is -2.82. The van der Waals surface area contributed by atoms with Gasteiger partial charge in [0.05, 0.1) is 6.10 Å². The lowest BCUT2D eigenvalue weighted by molar-refractivity contribution is 0.0995. The van der Waals surface area contributed by atoms with Gasteiger partial charge in [0.1, 0.15) is 5.75 Å². The van der Waals surface area contributed by atoms with E-state index < -0.39 is 5.91 Å². The number of carbonyl (C=O) groups excluding carboxylic acids is 2. The van der Waals surface area contributed by atoms with Crippen LogP contribution in [-0.4, -0.2) is 17.9 Å². The second-order valence-corrected chi connectivity index (χ2v) is 5.95. The van der Waals surface area contributed by atoms with Crippen LogP contribution in [0.4, 0.5) is 5.69 Å². The number of nitrogens with two attached hydrogens (primary N) is 1. The number of benzene rings is 2. The first kappa shape index (κ1) is 16.1. The number of carbonyl (C=O) groups is 2. The molecule has 0 radical (unpaired) electrons. The molecule has 0 aliphatic heterocycles. The number of hydrogen-bond donors (Lipinski definition) is 2. The highest BCUT2D eigenvalue weighted by Crippen LogP contribution is 2.26. The summed E-state index contributed by atoms with van der Waals surface area (Å²) in [5.41, 5.74) is 6.70. The zero-order valence-electron chi connectivity index (χ0n) is 13.3. The SMILES string of the molecule is NC(=O)c1ccc(C(=O)Nc2cccc(OC3CCCC3)c2)cc1. The van der Waals surface area contributed by atoms with E-state index in [2.05, 4.69) is 5.32 Å². The zero-order valence-corrected chi connectivity index (χ0v) is 13.3. The van der Waals surface area contributed by atoms with E-state index in [-0.39, 0.29) is 12.0 Å². The van der Waals surface area contributed by atoms with Gasteiger partial charge < -0.3 is 15.8 Å². The van der Waals surface area contributed by atoms with Gasteiger partial charge in [0, 0.05) is 22.9 Å². The molecule has 0 bridgehead atoms. The smallest absolute Gasteiger partial charge is 0.255 e. The third-order valence-electron chi connectivity index (χ3n) is 4.13. The van der Waals surface area contributed by atoms with Crippen LogP contribution in [0.15, 0.2) is 48.5 Å². The molecule has 0 heterocycles. The molecule has 0 aromatic heterocycles. The quantitative estimate of drug-likeness (QED) is 0.885. The van der Waals surface area contributed by atoms with E-state index in [1.165, 1.54) is 25.0 Å². The number of ether oxygens (including phenoxy) is 1. The van der Waals surface area contributed by atoms with Crippen LogP contribution in [0.1, 0.15) is 46.4 Å². The number of amides is 2. The fourth-order valence-corrected chi connectivity index (χ4v) is 2.83. The largest absolute Gasteiger partial charge is 0.490 e. The van der Waals surface area contributed by atoms with Crippen LogP contribution in [0.5, 0.6) is 5.75 Å². The van der Waals surface area contributed by atoms with Gasteiger partial charge in [-0.05, 0) is 62.1 Å². The van der Waals surface area contributed by atoms with Gasteiger partial charge >= 0.3 is 0 Å². The Kier molecular flexibility index (Phi) is 4.79. The van der Waals surface area contributed by atoms with Crippen LogP contribution in [0, 0.1) is 0 Å². The molecule has 1 saturated carbocycles. The minimum absolute atomic E-state index is 0.246. The van der Waals surface area contributed by atoms with Crippen LogP contribution in [0.25, 0.3) is 0 Å².